The Labute approximate surface area is 165 Å². The normalized spacial score (nSPS) is 13.7. The number of nitrogens with zero attached hydrogens (tertiary/aromatic N) is 4. The highest BCUT2D eigenvalue weighted by Crippen LogP contribution is 2.30. The SMILES string of the molecule is O=C(OCc1csc(-c2ccccc2Cl)n1)c1ccc(N2CCCC2)nn1. The third kappa shape index (κ3) is 4.09. The molecule has 1 aliphatic rings. The van der Waals surface area contributed by atoms with Crippen LogP contribution >= 0.6 is 22.9 Å². The fourth-order valence-corrected chi connectivity index (χ4v) is 4.02. The number of rotatable bonds is 5. The topological polar surface area (TPSA) is 68.2 Å². The molecule has 2 aromatic heterocycles. The summed E-state index contributed by atoms with van der Waals surface area (Å²) in [5.41, 5.74) is 1.73. The van der Waals surface area contributed by atoms with E-state index in [2.05, 4.69) is 20.1 Å². The number of thiazole rings is 1. The van der Waals surface area contributed by atoms with E-state index in [4.69, 9.17) is 16.3 Å². The number of halogens is 1. The highest BCUT2D eigenvalue weighted by molar-refractivity contribution is 7.13. The zero-order chi connectivity index (χ0) is 18.6. The van der Waals surface area contributed by atoms with Crippen LogP contribution in [0.15, 0.2) is 41.8 Å². The van der Waals surface area contributed by atoms with Gasteiger partial charge in [-0.05, 0) is 31.0 Å². The molecule has 3 heterocycles. The molecule has 27 heavy (non-hydrogen) atoms. The smallest absolute Gasteiger partial charge is 0.359 e. The molecule has 1 aliphatic heterocycles. The second-order valence-electron chi connectivity index (χ2n) is 6.17. The van der Waals surface area contributed by atoms with Gasteiger partial charge in [0.05, 0.1) is 10.7 Å². The molecule has 0 bridgehead atoms. The first-order chi connectivity index (χ1) is 13.2. The summed E-state index contributed by atoms with van der Waals surface area (Å²) in [5.74, 6) is 0.288. The molecular weight excluding hydrogens is 384 g/mol. The molecule has 0 radical (unpaired) electrons. The van der Waals surface area contributed by atoms with Crippen molar-refractivity contribution in [2.24, 2.45) is 0 Å². The first kappa shape index (κ1) is 17.9. The highest BCUT2D eigenvalue weighted by atomic mass is 35.5. The van der Waals surface area contributed by atoms with Crippen molar-refractivity contribution < 1.29 is 9.53 Å². The molecule has 0 aliphatic carbocycles. The molecule has 4 rings (SSSR count). The van der Waals surface area contributed by atoms with Crippen molar-refractivity contribution in [1.29, 1.82) is 0 Å². The van der Waals surface area contributed by atoms with E-state index >= 15 is 0 Å². The number of ether oxygens (including phenoxy) is 1. The molecule has 1 saturated heterocycles. The predicted molar refractivity (Wildman–Crippen MR) is 105 cm³/mol. The number of carbonyl (C=O) groups excluding carboxylic acids is 1. The number of hydrogen-bond donors (Lipinski definition) is 0. The summed E-state index contributed by atoms with van der Waals surface area (Å²) >= 11 is 7.66. The van der Waals surface area contributed by atoms with E-state index in [0.717, 1.165) is 42.3 Å². The van der Waals surface area contributed by atoms with Crippen molar-refractivity contribution in [1.82, 2.24) is 15.2 Å². The summed E-state index contributed by atoms with van der Waals surface area (Å²) in [6.45, 7) is 2.04. The Morgan fingerprint density at radius 3 is 2.70 bits per heavy atom. The van der Waals surface area contributed by atoms with Gasteiger partial charge in [0.25, 0.3) is 0 Å². The summed E-state index contributed by atoms with van der Waals surface area (Å²) in [6, 6.07) is 11.0. The van der Waals surface area contributed by atoms with Crippen LogP contribution in [0.2, 0.25) is 5.02 Å². The first-order valence-corrected chi connectivity index (χ1v) is 9.91. The second-order valence-corrected chi connectivity index (χ2v) is 7.44. The molecule has 3 aromatic rings. The van der Waals surface area contributed by atoms with Crippen LogP contribution in [0.5, 0.6) is 0 Å². The molecule has 0 atom stereocenters. The Hall–Kier alpha value is -2.51. The molecule has 1 aromatic carbocycles. The third-order valence-corrected chi connectivity index (χ3v) is 5.55. The van der Waals surface area contributed by atoms with Gasteiger partial charge in [0.2, 0.25) is 0 Å². The van der Waals surface area contributed by atoms with Gasteiger partial charge in [-0.3, -0.25) is 0 Å². The van der Waals surface area contributed by atoms with Crippen molar-refractivity contribution in [3.63, 3.8) is 0 Å². The van der Waals surface area contributed by atoms with Gasteiger partial charge in [-0.25, -0.2) is 9.78 Å². The molecule has 0 N–H and O–H groups in total. The van der Waals surface area contributed by atoms with Crippen LogP contribution in [0.3, 0.4) is 0 Å². The fourth-order valence-electron chi connectivity index (χ4n) is 2.89. The standard InChI is InChI=1S/C19H17ClN4O2S/c20-15-6-2-1-5-14(15)18-21-13(12-27-18)11-26-19(25)16-7-8-17(23-22-16)24-9-3-4-10-24/h1-2,5-8,12H,3-4,9-11H2. The number of hydrogen-bond acceptors (Lipinski definition) is 7. The van der Waals surface area contributed by atoms with E-state index in [1.54, 1.807) is 6.07 Å². The van der Waals surface area contributed by atoms with E-state index in [9.17, 15) is 4.79 Å². The van der Waals surface area contributed by atoms with Gasteiger partial charge in [-0.2, -0.15) is 0 Å². The first-order valence-electron chi connectivity index (χ1n) is 8.66. The molecule has 8 heteroatoms. The Morgan fingerprint density at radius 1 is 1.15 bits per heavy atom. The maximum atomic E-state index is 12.2. The molecular formula is C19H17ClN4O2S. The lowest BCUT2D eigenvalue weighted by Crippen LogP contribution is -2.20. The van der Waals surface area contributed by atoms with Crippen molar-refractivity contribution >= 4 is 34.7 Å². The zero-order valence-corrected chi connectivity index (χ0v) is 16.0. The van der Waals surface area contributed by atoms with Crippen LogP contribution in [0, 0.1) is 0 Å². The maximum absolute atomic E-state index is 12.2. The van der Waals surface area contributed by atoms with Gasteiger partial charge in [0.15, 0.2) is 11.5 Å². The number of aromatic nitrogens is 3. The van der Waals surface area contributed by atoms with E-state index < -0.39 is 5.97 Å². The van der Waals surface area contributed by atoms with Crippen molar-refractivity contribution in [3.05, 3.63) is 58.2 Å². The molecule has 0 spiro atoms. The van der Waals surface area contributed by atoms with E-state index in [1.165, 1.54) is 11.3 Å². The average molecular weight is 401 g/mol. The summed E-state index contributed by atoms with van der Waals surface area (Å²) in [6.07, 6.45) is 2.32. The van der Waals surface area contributed by atoms with Gasteiger partial charge in [-0.15, -0.1) is 21.5 Å². The fraction of sp³-hybridized carbons (Fsp3) is 0.263. The molecule has 6 nitrogen and oxygen atoms in total. The predicted octanol–water partition coefficient (Wildman–Crippen LogP) is 4.21. The molecule has 0 amide bonds. The summed E-state index contributed by atoms with van der Waals surface area (Å²) in [5, 5.41) is 11.4. The van der Waals surface area contributed by atoms with Crippen LogP contribution in [-0.4, -0.2) is 34.2 Å². The van der Waals surface area contributed by atoms with Gasteiger partial charge in [0, 0.05) is 24.0 Å². The quantitative estimate of drug-likeness (QED) is 0.597. The van der Waals surface area contributed by atoms with E-state index in [1.807, 2.05) is 35.7 Å². The summed E-state index contributed by atoms with van der Waals surface area (Å²) in [4.78, 5) is 18.8. The van der Waals surface area contributed by atoms with Crippen molar-refractivity contribution in [3.8, 4) is 10.6 Å². The Kier molecular flexibility index (Phi) is 5.31. The summed E-state index contributed by atoms with van der Waals surface area (Å²) in [7, 11) is 0. The number of carbonyl (C=O) groups is 1. The largest absolute Gasteiger partial charge is 0.454 e. The minimum atomic E-state index is -0.511. The van der Waals surface area contributed by atoms with Crippen LogP contribution in [0.4, 0.5) is 5.82 Å². The second kappa shape index (κ2) is 8.02. The average Bonchev–Trinajstić information content (AvgIpc) is 3.39. The lowest BCUT2D eigenvalue weighted by Gasteiger charge is -2.14. The van der Waals surface area contributed by atoms with Gasteiger partial charge in [-0.1, -0.05) is 29.8 Å². The number of esters is 1. The van der Waals surface area contributed by atoms with Crippen LogP contribution in [0.25, 0.3) is 10.6 Å². The Morgan fingerprint density at radius 2 is 1.96 bits per heavy atom. The van der Waals surface area contributed by atoms with E-state index in [0.29, 0.717) is 10.7 Å². The monoisotopic (exact) mass is 400 g/mol. The minimum absolute atomic E-state index is 0.0787. The molecule has 1 fully saturated rings. The maximum Gasteiger partial charge on any atom is 0.359 e. The van der Waals surface area contributed by atoms with Gasteiger partial charge >= 0.3 is 5.97 Å². The molecule has 0 saturated carbocycles. The number of benzene rings is 1. The lowest BCUT2D eigenvalue weighted by molar-refractivity contribution is 0.0460. The lowest BCUT2D eigenvalue weighted by atomic mass is 10.2. The third-order valence-electron chi connectivity index (χ3n) is 4.30. The van der Waals surface area contributed by atoms with Crippen molar-refractivity contribution in [2.75, 3.05) is 18.0 Å². The van der Waals surface area contributed by atoms with Crippen LogP contribution in [-0.2, 0) is 11.3 Å². The molecule has 138 valence electrons. The zero-order valence-electron chi connectivity index (χ0n) is 14.5. The Bertz CT molecular complexity index is 939. The van der Waals surface area contributed by atoms with E-state index in [-0.39, 0.29) is 12.3 Å². The minimum Gasteiger partial charge on any atom is -0.454 e. The highest BCUT2D eigenvalue weighted by Gasteiger charge is 2.16. The summed E-state index contributed by atoms with van der Waals surface area (Å²) < 4.78 is 5.32. The molecule has 0 unspecified atom stereocenters. The Balaban J connectivity index is 1.37. The van der Waals surface area contributed by atoms with Crippen LogP contribution < -0.4 is 4.90 Å². The number of anilines is 1. The van der Waals surface area contributed by atoms with Gasteiger partial charge in [0.1, 0.15) is 11.6 Å². The van der Waals surface area contributed by atoms with Gasteiger partial charge < -0.3 is 9.64 Å². The van der Waals surface area contributed by atoms with Crippen LogP contribution in [0.1, 0.15) is 29.0 Å². The van der Waals surface area contributed by atoms with Crippen molar-refractivity contribution in [2.45, 2.75) is 19.4 Å².